The van der Waals surface area contributed by atoms with Crippen molar-refractivity contribution in [2.24, 2.45) is 7.05 Å². The molecule has 114 valence electrons. The smallest absolute Gasteiger partial charge is 0.334 e. The van der Waals surface area contributed by atoms with Crippen LogP contribution in [0.25, 0.3) is 0 Å². The van der Waals surface area contributed by atoms with Crippen molar-refractivity contribution in [3.63, 3.8) is 0 Å². The van der Waals surface area contributed by atoms with Gasteiger partial charge in [-0.1, -0.05) is 20.8 Å². The predicted octanol–water partition coefficient (Wildman–Crippen LogP) is 2.61. The summed E-state index contributed by atoms with van der Waals surface area (Å²) in [6, 6.07) is 0. The fraction of sp³-hybridized carbons (Fsp3) is 0.538. The molecule has 0 fully saturated rings. The SMILES string of the molecule is CCc1cnc(CNc2c([N+](=O)[O-])c(C(C)C)nn2C)o1. The first kappa shape index (κ1) is 15.0. The van der Waals surface area contributed by atoms with E-state index in [1.807, 2.05) is 20.8 Å². The molecule has 2 aromatic heterocycles. The summed E-state index contributed by atoms with van der Waals surface area (Å²) in [5.41, 5.74) is 0.474. The van der Waals surface area contributed by atoms with Crippen molar-refractivity contribution in [1.82, 2.24) is 14.8 Å². The number of aromatic nitrogens is 3. The van der Waals surface area contributed by atoms with Crippen molar-refractivity contribution in [3.05, 3.63) is 33.7 Å². The summed E-state index contributed by atoms with van der Waals surface area (Å²) < 4.78 is 6.96. The van der Waals surface area contributed by atoms with Crippen LogP contribution < -0.4 is 5.32 Å². The van der Waals surface area contributed by atoms with Gasteiger partial charge >= 0.3 is 5.69 Å². The van der Waals surface area contributed by atoms with Crippen molar-refractivity contribution in [2.75, 3.05) is 5.32 Å². The molecule has 2 heterocycles. The minimum Gasteiger partial charge on any atom is -0.444 e. The molecule has 0 aromatic carbocycles. The fourth-order valence-electron chi connectivity index (χ4n) is 2.05. The number of aryl methyl sites for hydroxylation is 2. The van der Waals surface area contributed by atoms with Gasteiger partial charge in [0.2, 0.25) is 11.7 Å². The van der Waals surface area contributed by atoms with Crippen LogP contribution in [0.2, 0.25) is 0 Å². The third-order valence-electron chi connectivity index (χ3n) is 3.13. The lowest BCUT2D eigenvalue weighted by molar-refractivity contribution is -0.384. The quantitative estimate of drug-likeness (QED) is 0.649. The molecule has 0 aliphatic rings. The Balaban J connectivity index is 2.24. The first-order valence-corrected chi connectivity index (χ1v) is 6.82. The third kappa shape index (κ3) is 3.04. The van der Waals surface area contributed by atoms with Crippen molar-refractivity contribution in [1.29, 1.82) is 0 Å². The monoisotopic (exact) mass is 293 g/mol. The van der Waals surface area contributed by atoms with Crippen LogP contribution >= 0.6 is 0 Å². The van der Waals surface area contributed by atoms with Crippen LogP contribution in [-0.2, 0) is 20.0 Å². The second-order valence-electron chi connectivity index (χ2n) is 5.05. The van der Waals surface area contributed by atoms with Gasteiger partial charge in [0.1, 0.15) is 11.5 Å². The second kappa shape index (κ2) is 5.94. The van der Waals surface area contributed by atoms with Crippen molar-refractivity contribution >= 4 is 11.5 Å². The van der Waals surface area contributed by atoms with Gasteiger partial charge in [0.15, 0.2) is 0 Å². The highest BCUT2D eigenvalue weighted by atomic mass is 16.6. The third-order valence-corrected chi connectivity index (χ3v) is 3.13. The van der Waals surface area contributed by atoms with E-state index < -0.39 is 4.92 Å². The summed E-state index contributed by atoms with van der Waals surface area (Å²) in [5, 5.41) is 18.5. The van der Waals surface area contributed by atoms with Gasteiger partial charge in [-0.3, -0.25) is 10.1 Å². The molecule has 0 atom stereocenters. The van der Waals surface area contributed by atoms with E-state index in [1.54, 1.807) is 13.2 Å². The van der Waals surface area contributed by atoms with Crippen molar-refractivity contribution in [3.8, 4) is 0 Å². The zero-order chi connectivity index (χ0) is 15.6. The summed E-state index contributed by atoms with van der Waals surface area (Å²) in [5.74, 6) is 1.61. The maximum Gasteiger partial charge on any atom is 0.334 e. The summed E-state index contributed by atoms with van der Waals surface area (Å²) in [7, 11) is 1.67. The normalized spacial score (nSPS) is 11.1. The summed E-state index contributed by atoms with van der Waals surface area (Å²) in [4.78, 5) is 15.0. The Bertz CT molecular complexity index is 644. The molecule has 0 saturated heterocycles. The number of oxazole rings is 1. The highest BCUT2D eigenvalue weighted by molar-refractivity contribution is 5.60. The van der Waals surface area contributed by atoms with E-state index in [2.05, 4.69) is 15.4 Å². The van der Waals surface area contributed by atoms with Gasteiger partial charge in [0, 0.05) is 19.4 Å². The molecule has 0 unspecified atom stereocenters. The molecule has 0 aliphatic heterocycles. The van der Waals surface area contributed by atoms with Crippen LogP contribution in [0.5, 0.6) is 0 Å². The lowest BCUT2D eigenvalue weighted by atomic mass is 10.1. The zero-order valence-corrected chi connectivity index (χ0v) is 12.6. The molecule has 0 radical (unpaired) electrons. The number of anilines is 1. The van der Waals surface area contributed by atoms with E-state index in [0.717, 1.165) is 12.2 Å². The van der Waals surface area contributed by atoms with Crippen LogP contribution in [0.1, 0.15) is 44.0 Å². The van der Waals surface area contributed by atoms with Crippen LogP contribution in [0, 0.1) is 10.1 Å². The summed E-state index contributed by atoms with van der Waals surface area (Å²) >= 11 is 0. The van der Waals surface area contributed by atoms with Crippen LogP contribution in [-0.4, -0.2) is 19.7 Å². The molecule has 2 aromatic rings. The van der Waals surface area contributed by atoms with Gasteiger partial charge in [-0.05, 0) is 0 Å². The Morgan fingerprint density at radius 1 is 1.52 bits per heavy atom. The van der Waals surface area contributed by atoms with E-state index in [1.165, 1.54) is 4.68 Å². The number of nitro groups is 1. The number of hydrogen-bond donors (Lipinski definition) is 1. The molecular formula is C13H19N5O3. The molecule has 0 spiro atoms. The Morgan fingerprint density at radius 3 is 2.76 bits per heavy atom. The molecule has 8 nitrogen and oxygen atoms in total. The van der Waals surface area contributed by atoms with Gasteiger partial charge in [-0.25, -0.2) is 9.67 Å². The second-order valence-corrected chi connectivity index (χ2v) is 5.05. The minimum absolute atomic E-state index is 0.00905. The summed E-state index contributed by atoms with van der Waals surface area (Å²) in [6.45, 7) is 6.00. The molecule has 2 rings (SSSR count). The van der Waals surface area contributed by atoms with E-state index in [0.29, 0.717) is 17.4 Å². The molecule has 21 heavy (non-hydrogen) atoms. The average Bonchev–Trinajstić information content (AvgIpc) is 3.00. The lowest BCUT2D eigenvalue weighted by Gasteiger charge is -2.03. The largest absolute Gasteiger partial charge is 0.444 e. The Morgan fingerprint density at radius 2 is 2.24 bits per heavy atom. The van der Waals surface area contributed by atoms with Gasteiger partial charge in [-0.2, -0.15) is 5.10 Å². The number of hydrogen-bond acceptors (Lipinski definition) is 6. The summed E-state index contributed by atoms with van der Waals surface area (Å²) in [6.07, 6.45) is 2.42. The topological polar surface area (TPSA) is 99.0 Å². The molecule has 0 aliphatic carbocycles. The first-order valence-electron chi connectivity index (χ1n) is 6.82. The molecule has 0 amide bonds. The van der Waals surface area contributed by atoms with Gasteiger partial charge < -0.3 is 9.73 Å². The number of nitrogens with one attached hydrogen (secondary N) is 1. The lowest BCUT2D eigenvalue weighted by Crippen LogP contribution is -2.06. The first-order chi connectivity index (χ1) is 9.93. The maximum atomic E-state index is 11.3. The fourth-order valence-corrected chi connectivity index (χ4v) is 2.05. The molecule has 0 bridgehead atoms. The minimum atomic E-state index is -0.405. The zero-order valence-electron chi connectivity index (χ0n) is 12.6. The van der Waals surface area contributed by atoms with Crippen molar-refractivity contribution < 1.29 is 9.34 Å². The van der Waals surface area contributed by atoms with Crippen molar-refractivity contribution in [2.45, 2.75) is 39.7 Å². The number of nitrogens with zero attached hydrogens (tertiary/aromatic N) is 4. The highest BCUT2D eigenvalue weighted by Gasteiger charge is 2.28. The van der Waals surface area contributed by atoms with Gasteiger partial charge in [0.05, 0.1) is 17.7 Å². The molecule has 0 saturated carbocycles. The van der Waals surface area contributed by atoms with Gasteiger partial charge in [-0.15, -0.1) is 0 Å². The molecule has 8 heteroatoms. The van der Waals surface area contributed by atoms with Crippen LogP contribution in [0.15, 0.2) is 10.6 Å². The Labute approximate surface area is 122 Å². The predicted molar refractivity (Wildman–Crippen MR) is 77.2 cm³/mol. The Kier molecular flexibility index (Phi) is 4.25. The molecule has 1 N–H and O–H groups in total. The average molecular weight is 293 g/mol. The van der Waals surface area contributed by atoms with Crippen LogP contribution in [0.3, 0.4) is 0 Å². The maximum absolute atomic E-state index is 11.3. The van der Waals surface area contributed by atoms with E-state index >= 15 is 0 Å². The number of rotatable bonds is 6. The Hall–Kier alpha value is -2.38. The van der Waals surface area contributed by atoms with E-state index in [-0.39, 0.29) is 18.2 Å². The molecular weight excluding hydrogens is 274 g/mol. The van der Waals surface area contributed by atoms with Gasteiger partial charge in [0.25, 0.3) is 0 Å². The van der Waals surface area contributed by atoms with E-state index in [4.69, 9.17) is 4.42 Å². The standard InChI is InChI=1S/C13H19N5O3/c1-5-9-6-14-10(21-9)7-15-13-12(18(19)20)11(8(2)3)16-17(13)4/h6,8,15H,5,7H2,1-4H3. The van der Waals surface area contributed by atoms with Crippen LogP contribution in [0.4, 0.5) is 11.5 Å². The highest BCUT2D eigenvalue weighted by Crippen LogP contribution is 2.32. The van der Waals surface area contributed by atoms with E-state index in [9.17, 15) is 10.1 Å².